The zero-order valence-corrected chi connectivity index (χ0v) is 10.2. The van der Waals surface area contributed by atoms with Crippen LogP contribution in [0.3, 0.4) is 0 Å². The number of amides is 2. The summed E-state index contributed by atoms with van der Waals surface area (Å²) in [5.74, 6) is -0.475. The predicted molar refractivity (Wildman–Crippen MR) is 71.5 cm³/mol. The van der Waals surface area contributed by atoms with Crippen molar-refractivity contribution in [3.63, 3.8) is 0 Å². The van der Waals surface area contributed by atoms with Crippen molar-refractivity contribution >= 4 is 28.7 Å². The van der Waals surface area contributed by atoms with Crippen LogP contribution < -0.4 is 4.90 Å². The quantitative estimate of drug-likeness (QED) is 0.679. The Kier molecular flexibility index (Phi) is 2.03. The molecule has 96 valence electrons. The molecule has 0 saturated carbocycles. The van der Waals surface area contributed by atoms with E-state index < -0.39 is 0 Å². The fourth-order valence-electron chi connectivity index (χ4n) is 2.40. The molecule has 0 saturated heterocycles. The number of hydrogen-bond donors (Lipinski definition) is 1. The van der Waals surface area contributed by atoms with Crippen LogP contribution in [-0.4, -0.2) is 26.8 Å². The number of aromatic amines is 1. The van der Waals surface area contributed by atoms with Crippen molar-refractivity contribution in [2.24, 2.45) is 0 Å². The molecule has 1 aliphatic rings. The Labute approximate surface area is 113 Å². The van der Waals surface area contributed by atoms with E-state index in [1.54, 1.807) is 36.5 Å². The predicted octanol–water partition coefficient (Wildman–Crippen LogP) is 1.76. The summed E-state index contributed by atoms with van der Waals surface area (Å²) >= 11 is 0. The average Bonchev–Trinajstić information content (AvgIpc) is 3.04. The molecule has 0 radical (unpaired) electrons. The summed E-state index contributed by atoms with van der Waals surface area (Å²) in [5.41, 5.74) is 2.02. The van der Waals surface area contributed by atoms with Crippen LogP contribution in [0, 0.1) is 0 Å². The number of hydrogen-bond acceptors (Lipinski definition) is 4. The second-order valence-corrected chi connectivity index (χ2v) is 4.42. The van der Waals surface area contributed by atoms with Crippen molar-refractivity contribution in [2.75, 3.05) is 4.90 Å². The number of rotatable bonds is 1. The zero-order valence-electron chi connectivity index (χ0n) is 10.2. The van der Waals surface area contributed by atoms with E-state index in [1.165, 1.54) is 6.33 Å². The molecular formula is C14H8N4O2. The number of pyridine rings is 1. The molecule has 0 atom stereocenters. The summed E-state index contributed by atoms with van der Waals surface area (Å²) in [4.78, 5) is 37.1. The van der Waals surface area contributed by atoms with Crippen molar-refractivity contribution in [1.29, 1.82) is 0 Å². The lowest BCUT2D eigenvalue weighted by Crippen LogP contribution is -2.30. The van der Waals surface area contributed by atoms with Gasteiger partial charge in [0.1, 0.15) is 5.52 Å². The van der Waals surface area contributed by atoms with E-state index >= 15 is 0 Å². The summed E-state index contributed by atoms with van der Waals surface area (Å²) in [6.45, 7) is 0. The highest BCUT2D eigenvalue weighted by Crippen LogP contribution is 2.30. The Balaban J connectivity index is 1.95. The zero-order chi connectivity index (χ0) is 13.7. The van der Waals surface area contributed by atoms with Gasteiger partial charge < -0.3 is 4.98 Å². The van der Waals surface area contributed by atoms with Crippen LogP contribution in [0.4, 0.5) is 5.82 Å². The third-order valence-electron chi connectivity index (χ3n) is 3.32. The number of imidazole rings is 1. The smallest absolute Gasteiger partial charge is 0.267 e. The molecule has 6 heteroatoms. The van der Waals surface area contributed by atoms with Gasteiger partial charge in [0.05, 0.1) is 23.0 Å². The van der Waals surface area contributed by atoms with E-state index in [2.05, 4.69) is 15.0 Å². The highest BCUT2D eigenvalue weighted by Gasteiger charge is 2.38. The molecule has 1 N–H and O–H groups in total. The van der Waals surface area contributed by atoms with Gasteiger partial charge in [0.15, 0.2) is 5.82 Å². The van der Waals surface area contributed by atoms with Gasteiger partial charge in [-0.25, -0.2) is 14.9 Å². The van der Waals surface area contributed by atoms with Crippen LogP contribution in [-0.2, 0) is 0 Å². The topological polar surface area (TPSA) is 79.0 Å². The van der Waals surface area contributed by atoms with Crippen molar-refractivity contribution in [3.8, 4) is 0 Å². The first-order valence-electron chi connectivity index (χ1n) is 6.03. The molecule has 6 nitrogen and oxygen atoms in total. The Morgan fingerprint density at radius 3 is 2.35 bits per heavy atom. The molecule has 20 heavy (non-hydrogen) atoms. The molecule has 2 amide bonds. The lowest BCUT2D eigenvalue weighted by atomic mass is 10.1. The monoisotopic (exact) mass is 264 g/mol. The molecule has 0 bridgehead atoms. The minimum absolute atomic E-state index is 0.259. The van der Waals surface area contributed by atoms with Gasteiger partial charge in [0, 0.05) is 6.20 Å². The van der Waals surface area contributed by atoms with Crippen LogP contribution in [0.5, 0.6) is 0 Å². The highest BCUT2D eigenvalue weighted by molar-refractivity contribution is 6.35. The molecule has 3 aromatic rings. The van der Waals surface area contributed by atoms with Crippen molar-refractivity contribution < 1.29 is 9.59 Å². The fraction of sp³-hybridized carbons (Fsp3) is 0. The van der Waals surface area contributed by atoms with Gasteiger partial charge in [-0.2, -0.15) is 0 Å². The largest absolute Gasteiger partial charge is 0.344 e. The van der Waals surface area contributed by atoms with E-state index in [4.69, 9.17) is 0 Å². The fourth-order valence-corrected chi connectivity index (χ4v) is 2.40. The number of nitrogens with one attached hydrogen (secondary N) is 1. The van der Waals surface area contributed by atoms with Crippen molar-refractivity contribution in [3.05, 3.63) is 54.0 Å². The number of carbonyl (C=O) groups is 2. The van der Waals surface area contributed by atoms with E-state index in [0.29, 0.717) is 16.6 Å². The van der Waals surface area contributed by atoms with Crippen LogP contribution in [0.1, 0.15) is 20.7 Å². The molecular weight excluding hydrogens is 256 g/mol. The molecule has 1 aromatic carbocycles. The molecule has 1 aliphatic heterocycles. The second-order valence-electron chi connectivity index (χ2n) is 4.42. The molecule has 4 rings (SSSR count). The van der Waals surface area contributed by atoms with Crippen LogP contribution >= 0.6 is 0 Å². The number of fused-ring (bicyclic) bond motifs is 2. The number of aromatic nitrogens is 3. The van der Waals surface area contributed by atoms with Gasteiger partial charge in [-0.15, -0.1) is 0 Å². The van der Waals surface area contributed by atoms with E-state index in [9.17, 15) is 9.59 Å². The first kappa shape index (κ1) is 10.9. The third kappa shape index (κ3) is 1.27. The van der Waals surface area contributed by atoms with Gasteiger partial charge in [-0.05, 0) is 18.2 Å². The van der Waals surface area contributed by atoms with Crippen LogP contribution in [0.2, 0.25) is 0 Å². The lowest BCUT2D eigenvalue weighted by Gasteiger charge is -2.12. The Bertz CT molecular complexity index is 833. The maximum absolute atomic E-state index is 12.4. The number of anilines is 1. The Hall–Kier alpha value is -3.02. The second kappa shape index (κ2) is 3.74. The Morgan fingerprint density at radius 2 is 1.65 bits per heavy atom. The van der Waals surface area contributed by atoms with E-state index in [1.807, 2.05) is 0 Å². The molecule has 0 aliphatic carbocycles. The summed E-state index contributed by atoms with van der Waals surface area (Å²) in [7, 11) is 0. The Morgan fingerprint density at radius 1 is 0.950 bits per heavy atom. The van der Waals surface area contributed by atoms with E-state index in [0.717, 1.165) is 10.4 Å². The number of benzene rings is 1. The molecule has 0 spiro atoms. The van der Waals surface area contributed by atoms with Gasteiger partial charge in [0.2, 0.25) is 0 Å². The molecule has 0 unspecified atom stereocenters. The molecule has 3 heterocycles. The first-order chi connectivity index (χ1) is 9.77. The number of nitrogens with zero attached hydrogens (tertiary/aromatic N) is 3. The van der Waals surface area contributed by atoms with Crippen molar-refractivity contribution in [2.45, 2.75) is 0 Å². The van der Waals surface area contributed by atoms with Crippen LogP contribution in [0.15, 0.2) is 42.9 Å². The third-order valence-corrected chi connectivity index (χ3v) is 3.32. The summed E-state index contributed by atoms with van der Waals surface area (Å²) in [6, 6.07) is 8.48. The lowest BCUT2D eigenvalue weighted by molar-refractivity contribution is 0.0925. The standard InChI is InChI=1S/C14H8N4O2/c19-13-8-3-1-2-4-9(8)14(20)18(13)12-11-10(5-6-15-12)16-7-17-11/h1-7H,(H,16,17). The number of imide groups is 1. The maximum Gasteiger partial charge on any atom is 0.267 e. The average molecular weight is 264 g/mol. The number of H-pyrrole nitrogens is 1. The first-order valence-corrected chi connectivity index (χ1v) is 6.03. The van der Waals surface area contributed by atoms with Gasteiger partial charge in [-0.3, -0.25) is 9.59 Å². The summed E-state index contributed by atoms with van der Waals surface area (Å²) < 4.78 is 0. The van der Waals surface area contributed by atoms with Gasteiger partial charge in [0.25, 0.3) is 11.8 Å². The summed E-state index contributed by atoms with van der Waals surface area (Å²) in [6.07, 6.45) is 3.05. The maximum atomic E-state index is 12.4. The normalized spacial score (nSPS) is 14.1. The molecule has 2 aromatic heterocycles. The van der Waals surface area contributed by atoms with Gasteiger partial charge >= 0.3 is 0 Å². The minimum Gasteiger partial charge on any atom is -0.344 e. The van der Waals surface area contributed by atoms with Crippen LogP contribution in [0.25, 0.3) is 11.0 Å². The summed E-state index contributed by atoms with van der Waals surface area (Å²) in [5, 5.41) is 0. The molecule has 0 fully saturated rings. The number of carbonyl (C=O) groups excluding carboxylic acids is 2. The van der Waals surface area contributed by atoms with Gasteiger partial charge in [-0.1, -0.05) is 12.1 Å². The minimum atomic E-state index is -0.367. The van der Waals surface area contributed by atoms with Crippen molar-refractivity contribution in [1.82, 2.24) is 15.0 Å². The highest BCUT2D eigenvalue weighted by atomic mass is 16.2. The SMILES string of the molecule is O=C1c2ccccc2C(=O)N1c1nccc2[nH]cnc12. The van der Waals surface area contributed by atoms with E-state index in [-0.39, 0.29) is 17.6 Å².